The van der Waals surface area contributed by atoms with Crippen LogP contribution in [0.3, 0.4) is 0 Å². The van der Waals surface area contributed by atoms with Crippen LogP contribution in [0.15, 0.2) is 23.2 Å². The van der Waals surface area contributed by atoms with E-state index in [9.17, 15) is 8.42 Å². The lowest BCUT2D eigenvalue weighted by Gasteiger charge is -2.19. The monoisotopic (exact) mass is 259 g/mol. The summed E-state index contributed by atoms with van der Waals surface area (Å²) in [5.74, 6) is 0.189. The third-order valence-corrected chi connectivity index (χ3v) is 4.26. The third kappa shape index (κ3) is 3.39. The van der Waals surface area contributed by atoms with Crippen LogP contribution in [0.4, 0.5) is 5.82 Å². The predicted octanol–water partition coefficient (Wildman–Crippen LogP) is 0.321. The van der Waals surface area contributed by atoms with Gasteiger partial charge in [0.25, 0.3) is 0 Å². The summed E-state index contributed by atoms with van der Waals surface area (Å²) in [5.41, 5.74) is 5.48. The third-order valence-electron chi connectivity index (χ3n) is 2.29. The molecular formula is C10H17N3O3S. The molecule has 0 aliphatic rings. The van der Waals surface area contributed by atoms with E-state index in [4.69, 9.17) is 10.5 Å². The molecule has 0 saturated carbocycles. The van der Waals surface area contributed by atoms with Gasteiger partial charge in [-0.05, 0) is 6.07 Å². The molecule has 0 aliphatic heterocycles. The molecule has 6 nitrogen and oxygen atoms in total. The highest BCUT2D eigenvalue weighted by molar-refractivity contribution is 7.89. The van der Waals surface area contributed by atoms with E-state index in [2.05, 4.69) is 4.98 Å². The van der Waals surface area contributed by atoms with Gasteiger partial charge in [0.05, 0.1) is 11.5 Å². The number of hydrogen-bond donors (Lipinski definition) is 1. The zero-order valence-electron chi connectivity index (χ0n) is 9.96. The zero-order chi connectivity index (χ0) is 12.9. The zero-order valence-corrected chi connectivity index (χ0v) is 10.8. The van der Waals surface area contributed by atoms with Gasteiger partial charge in [0, 0.05) is 32.5 Å². The van der Waals surface area contributed by atoms with Gasteiger partial charge in [-0.15, -0.1) is 0 Å². The second kappa shape index (κ2) is 5.95. The number of methoxy groups -OCH3 is 1. The molecule has 0 aliphatic carbocycles. The molecule has 0 amide bonds. The lowest BCUT2D eigenvalue weighted by atomic mass is 10.5. The number of sulfonamides is 1. The number of anilines is 1. The normalized spacial score (nSPS) is 11.9. The number of nitrogens with zero attached hydrogens (tertiary/aromatic N) is 2. The Labute approximate surface area is 101 Å². The number of rotatable bonds is 6. The van der Waals surface area contributed by atoms with Gasteiger partial charge in [-0.25, -0.2) is 13.4 Å². The predicted molar refractivity (Wildman–Crippen MR) is 65.0 cm³/mol. The Morgan fingerprint density at radius 2 is 2.24 bits per heavy atom. The average Bonchev–Trinajstić information content (AvgIpc) is 2.30. The van der Waals surface area contributed by atoms with Crippen LogP contribution >= 0.6 is 0 Å². The summed E-state index contributed by atoms with van der Waals surface area (Å²) in [6, 6.07) is 2.78. The van der Waals surface area contributed by atoms with Crippen LogP contribution in [0, 0.1) is 0 Å². The van der Waals surface area contributed by atoms with E-state index in [1.54, 1.807) is 6.92 Å². The van der Waals surface area contributed by atoms with Crippen molar-refractivity contribution in [2.24, 2.45) is 0 Å². The Morgan fingerprint density at radius 1 is 1.53 bits per heavy atom. The number of nitrogens with two attached hydrogens (primary N) is 1. The summed E-state index contributed by atoms with van der Waals surface area (Å²) >= 11 is 0. The Kier molecular flexibility index (Phi) is 4.86. The molecule has 0 unspecified atom stereocenters. The summed E-state index contributed by atoms with van der Waals surface area (Å²) in [4.78, 5) is 3.93. The number of nitrogen functional groups attached to an aromatic ring is 1. The molecule has 0 fully saturated rings. The maximum atomic E-state index is 12.2. The van der Waals surface area contributed by atoms with E-state index in [1.165, 1.54) is 29.7 Å². The summed E-state index contributed by atoms with van der Waals surface area (Å²) < 4.78 is 30.6. The molecule has 2 N–H and O–H groups in total. The molecule has 1 rings (SSSR count). The van der Waals surface area contributed by atoms with Gasteiger partial charge >= 0.3 is 0 Å². The van der Waals surface area contributed by atoms with Crippen molar-refractivity contribution in [2.75, 3.05) is 32.5 Å². The second-order valence-electron chi connectivity index (χ2n) is 3.41. The Morgan fingerprint density at radius 3 is 2.76 bits per heavy atom. The van der Waals surface area contributed by atoms with Crippen LogP contribution in [0.25, 0.3) is 0 Å². The highest BCUT2D eigenvalue weighted by Crippen LogP contribution is 2.16. The molecule has 0 atom stereocenters. The topological polar surface area (TPSA) is 85.5 Å². The molecule has 96 valence electrons. The van der Waals surface area contributed by atoms with E-state index in [-0.39, 0.29) is 10.7 Å². The quantitative estimate of drug-likeness (QED) is 0.795. The molecule has 7 heteroatoms. The number of aromatic nitrogens is 1. The first-order valence-electron chi connectivity index (χ1n) is 5.23. The Balaban J connectivity index is 3.00. The minimum atomic E-state index is -3.51. The van der Waals surface area contributed by atoms with Gasteiger partial charge in [0.2, 0.25) is 10.0 Å². The van der Waals surface area contributed by atoms with Gasteiger partial charge in [0.1, 0.15) is 5.82 Å². The van der Waals surface area contributed by atoms with Crippen molar-refractivity contribution in [1.82, 2.24) is 9.29 Å². The van der Waals surface area contributed by atoms with E-state index < -0.39 is 10.0 Å². The first-order chi connectivity index (χ1) is 8.02. The fourth-order valence-electron chi connectivity index (χ4n) is 1.38. The van der Waals surface area contributed by atoms with Crippen LogP contribution in [0.2, 0.25) is 0 Å². The van der Waals surface area contributed by atoms with Gasteiger partial charge in [0.15, 0.2) is 0 Å². The molecule has 1 aromatic rings. The van der Waals surface area contributed by atoms with E-state index in [0.717, 1.165) is 0 Å². The minimum absolute atomic E-state index is 0.156. The fourth-order valence-corrected chi connectivity index (χ4v) is 2.83. The van der Waals surface area contributed by atoms with Crippen molar-refractivity contribution in [3.63, 3.8) is 0 Å². The van der Waals surface area contributed by atoms with E-state index >= 15 is 0 Å². The molecule has 17 heavy (non-hydrogen) atoms. The Bertz CT molecular complexity index is 462. The fraction of sp³-hybridized carbons (Fsp3) is 0.500. The molecule has 0 saturated heterocycles. The standard InChI is InChI=1S/C10H17N3O3S/c1-3-13(6-7-16-2)17(14,15)9-4-5-12-10(11)8-9/h4-5,8H,3,6-7H2,1-2H3,(H2,11,12). The van der Waals surface area contributed by atoms with Crippen molar-refractivity contribution in [2.45, 2.75) is 11.8 Å². The van der Waals surface area contributed by atoms with Crippen molar-refractivity contribution >= 4 is 15.8 Å². The number of hydrogen-bond acceptors (Lipinski definition) is 5. The summed E-state index contributed by atoms with van der Waals surface area (Å²) in [5, 5.41) is 0. The van der Waals surface area contributed by atoms with Crippen molar-refractivity contribution in [1.29, 1.82) is 0 Å². The van der Waals surface area contributed by atoms with Crippen molar-refractivity contribution in [3.8, 4) is 0 Å². The number of pyridine rings is 1. The largest absolute Gasteiger partial charge is 0.384 e. The number of ether oxygens (including phenoxy) is 1. The first-order valence-corrected chi connectivity index (χ1v) is 6.67. The maximum absolute atomic E-state index is 12.2. The molecule has 0 aromatic carbocycles. The number of likely N-dealkylation sites (N-methyl/N-ethyl adjacent to an activating group) is 1. The summed E-state index contributed by atoms with van der Waals surface area (Å²) in [6.45, 7) is 2.83. The van der Waals surface area contributed by atoms with E-state index in [1.807, 2.05) is 0 Å². The molecule has 0 bridgehead atoms. The lowest BCUT2D eigenvalue weighted by Crippen LogP contribution is -2.33. The van der Waals surface area contributed by atoms with Crippen LogP contribution in [0.5, 0.6) is 0 Å². The lowest BCUT2D eigenvalue weighted by molar-refractivity contribution is 0.180. The SMILES string of the molecule is CCN(CCOC)S(=O)(=O)c1ccnc(N)c1. The summed E-state index contributed by atoms with van der Waals surface area (Å²) in [7, 11) is -1.98. The second-order valence-corrected chi connectivity index (χ2v) is 5.34. The van der Waals surface area contributed by atoms with Crippen molar-refractivity contribution < 1.29 is 13.2 Å². The van der Waals surface area contributed by atoms with Crippen LogP contribution in [-0.4, -0.2) is 44.5 Å². The maximum Gasteiger partial charge on any atom is 0.243 e. The van der Waals surface area contributed by atoms with Crippen molar-refractivity contribution in [3.05, 3.63) is 18.3 Å². The minimum Gasteiger partial charge on any atom is -0.384 e. The van der Waals surface area contributed by atoms with Gasteiger partial charge < -0.3 is 10.5 Å². The first kappa shape index (κ1) is 13.9. The van der Waals surface area contributed by atoms with E-state index in [0.29, 0.717) is 19.7 Å². The average molecular weight is 259 g/mol. The van der Waals surface area contributed by atoms with Gasteiger partial charge in [-0.1, -0.05) is 6.92 Å². The highest BCUT2D eigenvalue weighted by atomic mass is 32.2. The molecule has 0 spiro atoms. The van der Waals surface area contributed by atoms with Crippen LogP contribution in [-0.2, 0) is 14.8 Å². The molecule has 1 aromatic heterocycles. The van der Waals surface area contributed by atoms with Gasteiger partial charge in [-0.3, -0.25) is 0 Å². The molecular weight excluding hydrogens is 242 g/mol. The summed E-state index contributed by atoms with van der Waals surface area (Å²) in [6.07, 6.45) is 1.38. The Hall–Kier alpha value is -1.18. The van der Waals surface area contributed by atoms with Crippen LogP contribution < -0.4 is 5.73 Å². The molecule has 1 heterocycles. The molecule has 0 radical (unpaired) electrons. The van der Waals surface area contributed by atoms with Crippen LogP contribution in [0.1, 0.15) is 6.92 Å². The highest BCUT2D eigenvalue weighted by Gasteiger charge is 2.22. The van der Waals surface area contributed by atoms with Gasteiger partial charge in [-0.2, -0.15) is 4.31 Å². The smallest absolute Gasteiger partial charge is 0.243 e.